The Hall–Kier alpha value is -1.98. The van der Waals surface area contributed by atoms with Crippen molar-refractivity contribution in [1.29, 1.82) is 0 Å². The third-order valence-corrected chi connectivity index (χ3v) is 3.28. The molecule has 1 heterocycles. The smallest absolute Gasteiger partial charge is 0.340 e. The van der Waals surface area contributed by atoms with E-state index < -0.39 is 11.8 Å². The average Bonchev–Trinajstić information content (AvgIpc) is 3.07. The zero-order valence-electron chi connectivity index (χ0n) is 9.64. The van der Waals surface area contributed by atoms with E-state index in [1.807, 2.05) is 0 Å². The van der Waals surface area contributed by atoms with Crippen LogP contribution in [0.3, 0.4) is 0 Å². The molecular weight excluding hydrogens is 237 g/mol. The predicted molar refractivity (Wildman–Crippen MR) is 61.8 cm³/mol. The van der Waals surface area contributed by atoms with Crippen LogP contribution in [-0.2, 0) is 6.54 Å². The molecule has 0 saturated heterocycles. The highest BCUT2D eigenvalue weighted by atomic mass is 19.1. The largest absolute Gasteiger partial charge is 0.478 e. The van der Waals surface area contributed by atoms with Crippen LogP contribution in [0.25, 0.3) is 11.0 Å². The van der Waals surface area contributed by atoms with E-state index in [0.717, 1.165) is 12.5 Å². The first-order chi connectivity index (χ1) is 8.66. The minimum absolute atomic E-state index is 0.281. The fraction of sp³-hybridized carbons (Fsp3) is 0.417. The molecule has 3 rings (SSSR count). The molecule has 0 amide bonds. The molecule has 2 aromatic rings. The van der Waals surface area contributed by atoms with Crippen LogP contribution in [0.4, 0.5) is 4.39 Å². The molecule has 0 radical (unpaired) electrons. The number of halogens is 1. The molecule has 6 heteroatoms. The highest BCUT2D eigenvalue weighted by molar-refractivity contribution is 6.01. The van der Waals surface area contributed by atoms with Gasteiger partial charge < -0.3 is 5.11 Å². The van der Waals surface area contributed by atoms with Gasteiger partial charge in [-0.05, 0) is 24.5 Å². The molecule has 1 aromatic heterocycles. The van der Waals surface area contributed by atoms with Crippen molar-refractivity contribution in [3.05, 3.63) is 23.5 Å². The van der Waals surface area contributed by atoms with Crippen LogP contribution in [0.1, 0.15) is 29.6 Å². The fourth-order valence-electron chi connectivity index (χ4n) is 2.12. The molecule has 1 N–H and O–H groups in total. The lowest BCUT2D eigenvalue weighted by atomic mass is 10.1. The van der Waals surface area contributed by atoms with Crippen molar-refractivity contribution in [3.8, 4) is 0 Å². The van der Waals surface area contributed by atoms with Gasteiger partial charge in [0.25, 0.3) is 0 Å². The van der Waals surface area contributed by atoms with Crippen molar-refractivity contribution in [2.75, 3.05) is 0 Å². The summed E-state index contributed by atoms with van der Waals surface area (Å²) in [7, 11) is 0. The lowest BCUT2D eigenvalue weighted by Gasteiger charge is -2.04. The molecule has 0 spiro atoms. The van der Waals surface area contributed by atoms with Crippen molar-refractivity contribution in [3.63, 3.8) is 0 Å². The minimum atomic E-state index is -1.28. The highest BCUT2D eigenvalue weighted by Gasteiger charge is 2.23. The van der Waals surface area contributed by atoms with Gasteiger partial charge in [-0.25, -0.2) is 13.9 Å². The van der Waals surface area contributed by atoms with Crippen molar-refractivity contribution in [2.45, 2.75) is 25.8 Å². The fourth-order valence-corrected chi connectivity index (χ4v) is 2.12. The molecule has 1 fully saturated rings. The van der Waals surface area contributed by atoms with Gasteiger partial charge in [0, 0.05) is 6.54 Å². The Morgan fingerprint density at radius 2 is 2.28 bits per heavy atom. The number of aromatic carboxylic acids is 1. The number of nitrogens with zero attached hydrogens (tertiary/aromatic N) is 3. The van der Waals surface area contributed by atoms with Crippen molar-refractivity contribution >= 4 is 17.0 Å². The number of carboxylic acids is 1. The zero-order valence-corrected chi connectivity index (χ0v) is 9.64. The molecule has 94 valence electrons. The minimum Gasteiger partial charge on any atom is -0.478 e. The number of carbonyl (C=O) groups is 1. The van der Waals surface area contributed by atoms with Gasteiger partial charge in [-0.15, -0.1) is 5.10 Å². The van der Waals surface area contributed by atoms with Gasteiger partial charge in [0.15, 0.2) is 0 Å². The summed E-state index contributed by atoms with van der Waals surface area (Å²) < 4.78 is 15.1. The first kappa shape index (κ1) is 11.1. The first-order valence-electron chi connectivity index (χ1n) is 5.92. The summed E-state index contributed by atoms with van der Waals surface area (Å²) in [6.45, 7) is 0.588. The van der Waals surface area contributed by atoms with E-state index >= 15 is 0 Å². The predicted octanol–water partition coefficient (Wildman–Crippen LogP) is 2.07. The number of carboxylic acid groups (broad SMARTS) is 1. The molecular formula is C12H12FN3O2. The van der Waals surface area contributed by atoms with E-state index in [4.69, 9.17) is 5.11 Å². The molecule has 1 aliphatic rings. The number of benzene rings is 1. The maximum Gasteiger partial charge on any atom is 0.340 e. The molecule has 0 unspecified atom stereocenters. The second-order valence-corrected chi connectivity index (χ2v) is 4.64. The third kappa shape index (κ3) is 1.83. The van der Waals surface area contributed by atoms with Gasteiger partial charge in [-0.3, -0.25) is 0 Å². The Balaban J connectivity index is 2.07. The SMILES string of the molecule is O=C(O)c1c(F)ccc2nnn(CCC3CC3)c12. The van der Waals surface area contributed by atoms with Crippen molar-refractivity contribution in [1.82, 2.24) is 15.0 Å². The van der Waals surface area contributed by atoms with Crippen LogP contribution in [0.5, 0.6) is 0 Å². The van der Waals surface area contributed by atoms with E-state index in [1.165, 1.54) is 23.6 Å². The van der Waals surface area contributed by atoms with Crippen molar-refractivity contribution in [2.24, 2.45) is 5.92 Å². The van der Waals surface area contributed by atoms with Crippen LogP contribution in [-0.4, -0.2) is 26.1 Å². The summed E-state index contributed by atoms with van der Waals surface area (Å²) in [5, 5.41) is 16.9. The molecule has 5 nitrogen and oxygen atoms in total. The first-order valence-corrected chi connectivity index (χ1v) is 5.92. The molecule has 18 heavy (non-hydrogen) atoms. The zero-order chi connectivity index (χ0) is 12.7. The van der Waals surface area contributed by atoms with Crippen molar-refractivity contribution < 1.29 is 14.3 Å². The van der Waals surface area contributed by atoms with E-state index in [9.17, 15) is 9.18 Å². The van der Waals surface area contributed by atoms with Gasteiger partial charge in [-0.1, -0.05) is 18.1 Å². The quantitative estimate of drug-likeness (QED) is 0.900. The van der Waals surface area contributed by atoms with Gasteiger partial charge in [0.05, 0.1) is 0 Å². The lowest BCUT2D eigenvalue weighted by Crippen LogP contribution is -2.08. The normalized spacial score (nSPS) is 15.2. The highest BCUT2D eigenvalue weighted by Crippen LogP contribution is 2.33. The molecule has 0 atom stereocenters. The number of hydrogen-bond acceptors (Lipinski definition) is 3. The number of aryl methyl sites for hydroxylation is 1. The van der Waals surface area contributed by atoms with Crippen LogP contribution in [0.2, 0.25) is 0 Å². The Kier molecular flexibility index (Phi) is 2.50. The summed E-state index contributed by atoms with van der Waals surface area (Å²) in [5.74, 6) is -1.33. The molecule has 1 aromatic carbocycles. The summed E-state index contributed by atoms with van der Waals surface area (Å²) >= 11 is 0. The summed E-state index contributed by atoms with van der Waals surface area (Å²) in [5.41, 5.74) is 0.362. The Labute approximate surface area is 102 Å². The second-order valence-electron chi connectivity index (χ2n) is 4.64. The summed E-state index contributed by atoms with van der Waals surface area (Å²) in [6, 6.07) is 2.57. The Morgan fingerprint density at radius 3 is 2.94 bits per heavy atom. The Morgan fingerprint density at radius 1 is 1.50 bits per heavy atom. The molecule has 1 saturated carbocycles. The summed E-state index contributed by atoms with van der Waals surface area (Å²) in [6.07, 6.45) is 3.37. The lowest BCUT2D eigenvalue weighted by molar-refractivity contribution is 0.0693. The Bertz CT molecular complexity index is 619. The number of aromatic nitrogens is 3. The van der Waals surface area contributed by atoms with Gasteiger partial charge >= 0.3 is 5.97 Å². The number of fused-ring (bicyclic) bond motifs is 1. The number of rotatable bonds is 4. The van der Waals surface area contributed by atoms with E-state index in [-0.39, 0.29) is 11.1 Å². The average molecular weight is 249 g/mol. The van der Waals surface area contributed by atoms with E-state index in [2.05, 4.69) is 10.3 Å². The maximum absolute atomic E-state index is 13.6. The van der Waals surface area contributed by atoms with E-state index in [0.29, 0.717) is 18.0 Å². The van der Waals surface area contributed by atoms with Crippen LogP contribution >= 0.6 is 0 Å². The monoisotopic (exact) mass is 249 g/mol. The van der Waals surface area contributed by atoms with Crippen LogP contribution in [0, 0.1) is 11.7 Å². The summed E-state index contributed by atoms with van der Waals surface area (Å²) in [4.78, 5) is 11.1. The standard InChI is InChI=1S/C12H12FN3O2/c13-8-3-4-9-11(10(8)12(17)18)16(15-14-9)6-5-7-1-2-7/h3-4,7H,1-2,5-6H2,(H,17,18). The third-order valence-electron chi connectivity index (χ3n) is 3.28. The maximum atomic E-state index is 13.6. The number of hydrogen-bond donors (Lipinski definition) is 1. The molecule has 0 aliphatic heterocycles. The van der Waals surface area contributed by atoms with Gasteiger partial charge in [0.1, 0.15) is 22.4 Å². The molecule has 0 bridgehead atoms. The van der Waals surface area contributed by atoms with Crippen LogP contribution < -0.4 is 0 Å². The topological polar surface area (TPSA) is 68.0 Å². The second kappa shape index (κ2) is 4.04. The van der Waals surface area contributed by atoms with E-state index in [1.54, 1.807) is 0 Å². The molecule has 1 aliphatic carbocycles. The van der Waals surface area contributed by atoms with Crippen LogP contribution in [0.15, 0.2) is 12.1 Å². The van der Waals surface area contributed by atoms with Gasteiger partial charge in [-0.2, -0.15) is 0 Å². The van der Waals surface area contributed by atoms with Gasteiger partial charge in [0.2, 0.25) is 0 Å².